The smallest absolute Gasteiger partial charge is 0.0537 e. The molecule has 0 aromatic carbocycles. The Morgan fingerprint density at radius 3 is 3.09 bits per heavy atom. The van der Waals surface area contributed by atoms with Gasteiger partial charge in [0.05, 0.1) is 6.20 Å². The molecule has 1 aromatic rings. The highest BCUT2D eigenvalue weighted by molar-refractivity contribution is 5.11. The van der Waals surface area contributed by atoms with E-state index in [1.165, 1.54) is 0 Å². The van der Waals surface area contributed by atoms with E-state index in [1.807, 2.05) is 13.2 Å². The molecule has 0 bridgehead atoms. The van der Waals surface area contributed by atoms with E-state index in [1.54, 1.807) is 10.9 Å². The molecule has 3 nitrogen and oxygen atoms in total. The lowest BCUT2D eigenvalue weighted by molar-refractivity contribution is 0.743. The van der Waals surface area contributed by atoms with Crippen molar-refractivity contribution in [1.29, 1.82) is 0 Å². The van der Waals surface area contributed by atoms with Gasteiger partial charge in [0.25, 0.3) is 0 Å². The molecule has 0 saturated carbocycles. The van der Waals surface area contributed by atoms with Crippen LogP contribution >= 0.6 is 0 Å². The number of nitrogens with two attached hydrogens (primary N) is 1. The fourth-order valence-corrected chi connectivity index (χ4v) is 0.876. The molecular weight excluding hydrogens is 138 g/mol. The molecule has 1 heterocycles. The Hall–Kier alpha value is -1.27. The predicted octanol–water partition coefficient (Wildman–Crippen LogP) is 0.443. The second-order valence-corrected chi connectivity index (χ2v) is 2.46. The second kappa shape index (κ2) is 3.22. The summed E-state index contributed by atoms with van der Waals surface area (Å²) in [6.45, 7) is 0. The van der Waals surface area contributed by atoms with E-state index in [0.717, 1.165) is 5.56 Å². The molecule has 0 aliphatic rings. The summed E-state index contributed by atoms with van der Waals surface area (Å²) in [5, 5.41) is 3.99. The van der Waals surface area contributed by atoms with Crippen molar-refractivity contribution in [2.45, 2.75) is 12.5 Å². The molecular formula is C8H11N3. The van der Waals surface area contributed by atoms with E-state index in [9.17, 15) is 0 Å². The normalized spacial score (nSPS) is 12.5. The van der Waals surface area contributed by atoms with Gasteiger partial charge in [-0.1, -0.05) is 0 Å². The van der Waals surface area contributed by atoms with Crippen LogP contribution in [0.2, 0.25) is 0 Å². The number of rotatable bonds is 2. The summed E-state index contributed by atoms with van der Waals surface area (Å²) in [5.74, 6) is 2.51. The standard InChI is InChI=1S/C8H11N3/c1-3-4-8(9)7-5-10-11(2)6-7/h1,5-6,8H,4,9H2,2H3. The van der Waals surface area contributed by atoms with E-state index in [0.29, 0.717) is 6.42 Å². The summed E-state index contributed by atoms with van der Waals surface area (Å²) in [7, 11) is 1.85. The highest BCUT2D eigenvalue weighted by atomic mass is 15.2. The Labute approximate surface area is 66.2 Å². The Kier molecular flexibility index (Phi) is 2.29. The molecule has 0 amide bonds. The maximum atomic E-state index is 5.72. The average molecular weight is 149 g/mol. The molecule has 1 aromatic heterocycles. The van der Waals surface area contributed by atoms with Crippen LogP contribution in [-0.2, 0) is 7.05 Å². The monoisotopic (exact) mass is 149 g/mol. The fourth-order valence-electron chi connectivity index (χ4n) is 0.876. The Balaban J connectivity index is 2.70. The average Bonchev–Trinajstić information content (AvgIpc) is 2.36. The Morgan fingerprint density at radius 1 is 1.91 bits per heavy atom. The lowest BCUT2D eigenvalue weighted by Gasteiger charge is -2.02. The zero-order chi connectivity index (χ0) is 8.27. The minimum Gasteiger partial charge on any atom is -0.323 e. The van der Waals surface area contributed by atoms with Crippen molar-refractivity contribution in [2.75, 3.05) is 0 Å². The third kappa shape index (κ3) is 1.82. The van der Waals surface area contributed by atoms with E-state index < -0.39 is 0 Å². The third-order valence-corrected chi connectivity index (χ3v) is 1.49. The predicted molar refractivity (Wildman–Crippen MR) is 43.6 cm³/mol. The second-order valence-electron chi connectivity index (χ2n) is 2.46. The molecule has 0 aliphatic carbocycles. The first-order chi connectivity index (χ1) is 5.24. The largest absolute Gasteiger partial charge is 0.323 e. The quantitative estimate of drug-likeness (QED) is 0.620. The molecule has 1 atom stereocenters. The van der Waals surface area contributed by atoms with Crippen LogP contribution in [0.3, 0.4) is 0 Å². The number of nitrogens with zero attached hydrogens (tertiary/aromatic N) is 2. The first-order valence-electron chi connectivity index (χ1n) is 3.41. The summed E-state index contributed by atoms with van der Waals surface area (Å²) in [6.07, 6.45) is 9.29. The molecule has 58 valence electrons. The van der Waals surface area contributed by atoms with Gasteiger partial charge in [-0.15, -0.1) is 12.3 Å². The molecule has 2 N–H and O–H groups in total. The molecule has 0 aliphatic heterocycles. The summed E-state index contributed by atoms with van der Waals surface area (Å²) in [6, 6.07) is -0.0753. The lowest BCUT2D eigenvalue weighted by Crippen LogP contribution is -2.07. The maximum absolute atomic E-state index is 5.72. The van der Waals surface area contributed by atoms with Crippen LogP contribution in [0.1, 0.15) is 18.0 Å². The molecule has 1 unspecified atom stereocenters. The van der Waals surface area contributed by atoms with Crippen molar-refractivity contribution in [3.8, 4) is 12.3 Å². The molecule has 3 heteroatoms. The summed E-state index contributed by atoms with van der Waals surface area (Å²) in [5.41, 5.74) is 6.71. The molecule has 11 heavy (non-hydrogen) atoms. The fraction of sp³-hybridized carbons (Fsp3) is 0.375. The van der Waals surface area contributed by atoms with Crippen LogP contribution in [0.5, 0.6) is 0 Å². The molecule has 0 fully saturated rings. The summed E-state index contributed by atoms with van der Waals surface area (Å²) in [4.78, 5) is 0. The van der Waals surface area contributed by atoms with Crippen molar-refractivity contribution in [3.05, 3.63) is 18.0 Å². The van der Waals surface area contributed by atoms with E-state index in [-0.39, 0.29) is 6.04 Å². The zero-order valence-electron chi connectivity index (χ0n) is 6.49. The summed E-state index contributed by atoms with van der Waals surface area (Å²) < 4.78 is 1.71. The minimum atomic E-state index is -0.0753. The van der Waals surface area contributed by atoms with Gasteiger partial charge in [0, 0.05) is 31.3 Å². The number of aryl methyl sites for hydroxylation is 1. The van der Waals surface area contributed by atoms with E-state index in [4.69, 9.17) is 12.2 Å². The van der Waals surface area contributed by atoms with Crippen LogP contribution in [0.25, 0.3) is 0 Å². The van der Waals surface area contributed by atoms with Crippen LogP contribution in [-0.4, -0.2) is 9.78 Å². The van der Waals surface area contributed by atoms with Gasteiger partial charge in [-0.3, -0.25) is 4.68 Å². The SMILES string of the molecule is C#CCC(N)c1cnn(C)c1. The zero-order valence-corrected chi connectivity index (χ0v) is 6.49. The van der Waals surface area contributed by atoms with Crippen LogP contribution in [0, 0.1) is 12.3 Å². The van der Waals surface area contributed by atoms with Gasteiger partial charge in [0.1, 0.15) is 0 Å². The van der Waals surface area contributed by atoms with Crippen molar-refractivity contribution < 1.29 is 0 Å². The van der Waals surface area contributed by atoms with Gasteiger partial charge in [0.15, 0.2) is 0 Å². The van der Waals surface area contributed by atoms with Crippen LogP contribution in [0.4, 0.5) is 0 Å². The van der Waals surface area contributed by atoms with Gasteiger partial charge >= 0.3 is 0 Å². The van der Waals surface area contributed by atoms with Crippen molar-refractivity contribution in [1.82, 2.24) is 9.78 Å². The lowest BCUT2D eigenvalue weighted by atomic mass is 10.1. The van der Waals surface area contributed by atoms with E-state index >= 15 is 0 Å². The van der Waals surface area contributed by atoms with Gasteiger partial charge in [-0.05, 0) is 0 Å². The molecule has 1 rings (SSSR count). The van der Waals surface area contributed by atoms with Crippen molar-refractivity contribution >= 4 is 0 Å². The van der Waals surface area contributed by atoms with Gasteiger partial charge in [0.2, 0.25) is 0 Å². The number of hydrogen-bond donors (Lipinski definition) is 1. The molecule has 0 radical (unpaired) electrons. The number of aromatic nitrogens is 2. The van der Waals surface area contributed by atoms with Crippen molar-refractivity contribution in [3.63, 3.8) is 0 Å². The van der Waals surface area contributed by atoms with Crippen LogP contribution in [0.15, 0.2) is 12.4 Å². The highest BCUT2D eigenvalue weighted by Crippen LogP contribution is 2.10. The van der Waals surface area contributed by atoms with Crippen molar-refractivity contribution in [2.24, 2.45) is 12.8 Å². The first-order valence-corrected chi connectivity index (χ1v) is 3.41. The Bertz CT molecular complexity index is 269. The number of hydrogen-bond acceptors (Lipinski definition) is 2. The van der Waals surface area contributed by atoms with E-state index in [2.05, 4.69) is 11.0 Å². The molecule has 0 spiro atoms. The highest BCUT2D eigenvalue weighted by Gasteiger charge is 2.04. The van der Waals surface area contributed by atoms with Gasteiger partial charge in [-0.25, -0.2) is 0 Å². The van der Waals surface area contributed by atoms with Gasteiger partial charge in [-0.2, -0.15) is 5.10 Å². The first kappa shape index (κ1) is 7.83. The Morgan fingerprint density at radius 2 is 2.64 bits per heavy atom. The van der Waals surface area contributed by atoms with Crippen LogP contribution < -0.4 is 5.73 Å². The minimum absolute atomic E-state index is 0.0753. The number of terminal acetylenes is 1. The van der Waals surface area contributed by atoms with Gasteiger partial charge < -0.3 is 5.73 Å². The topological polar surface area (TPSA) is 43.8 Å². The maximum Gasteiger partial charge on any atom is 0.0537 e. The molecule has 0 saturated heterocycles. The summed E-state index contributed by atoms with van der Waals surface area (Å²) >= 11 is 0. The third-order valence-electron chi connectivity index (χ3n) is 1.49.